The zero-order valence-corrected chi connectivity index (χ0v) is 8.89. The minimum Gasteiger partial charge on any atom is -0.323 e. The van der Waals surface area contributed by atoms with Crippen molar-refractivity contribution in [2.75, 3.05) is 0 Å². The van der Waals surface area contributed by atoms with E-state index < -0.39 is 0 Å². The minimum absolute atomic E-state index is 1.03. The fraction of sp³-hybridized carbons (Fsp3) is 0.667. The van der Waals surface area contributed by atoms with Gasteiger partial charge < -0.3 is 4.57 Å². The first-order valence-electron chi connectivity index (χ1n) is 4.56. The van der Waals surface area contributed by atoms with E-state index in [-0.39, 0.29) is 0 Å². The van der Waals surface area contributed by atoms with Crippen LogP contribution < -0.4 is 0 Å². The molecule has 0 spiro atoms. The van der Waals surface area contributed by atoms with Crippen LogP contribution in [-0.2, 0) is 19.4 Å². The Labute approximate surface area is 81.1 Å². The van der Waals surface area contributed by atoms with Crippen molar-refractivity contribution in [2.45, 2.75) is 39.2 Å². The van der Waals surface area contributed by atoms with Gasteiger partial charge in [0.1, 0.15) is 10.4 Å². The highest BCUT2D eigenvalue weighted by molar-refractivity contribution is 9.10. The number of imidazole rings is 1. The summed E-state index contributed by atoms with van der Waals surface area (Å²) in [4.78, 5) is 4.58. The lowest BCUT2D eigenvalue weighted by Crippen LogP contribution is -2.10. The normalized spacial score (nSPS) is 16.2. The molecule has 1 aromatic heterocycles. The number of aryl methyl sites for hydroxylation is 2. The number of aromatic nitrogens is 2. The molecule has 66 valence electrons. The molecule has 1 aliphatic heterocycles. The van der Waals surface area contributed by atoms with Gasteiger partial charge in [0.15, 0.2) is 0 Å². The molecule has 0 saturated heterocycles. The number of nitrogens with zero attached hydrogens (tertiary/aromatic N) is 2. The molecule has 0 aliphatic carbocycles. The summed E-state index contributed by atoms with van der Waals surface area (Å²) in [5.41, 5.74) is 1.21. The lowest BCUT2D eigenvalue weighted by Gasteiger charge is -2.13. The molecule has 3 heteroatoms. The highest BCUT2D eigenvalue weighted by Gasteiger charge is 2.16. The number of rotatable bonds is 1. The van der Waals surface area contributed by atoms with Crippen LogP contribution in [0.1, 0.15) is 31.3 Å². The van der Waals surface area contributed by atoms with Crippen LogP contribution in [0, 0.1) is 0 Å². The fourth-order valence-electron chi connectivity index (χ4n) is 1.73. The second kappa shape index (κ2) is 3.21. The van der Waals surface area contributed by atoms with E-state index in [2.05, 4.69) is 32.4 Å². The Balaban J connectivity index is 2.44. The highest BCUT2D eigenvalue weighted by Crippen LogP contribution is 2.24. The molecule has 2 nitrogen and oxygen atoms in total. The third-order valence-corrected chi connectivity index (χ3v) is 3.30. The maximum absolute atomic E-state index is 4.58. The van der Waals surface area contributed by atoms with E-state index in [1.807, 2.05) is 0 Å². The molecule has 0 amide bonds. The van der Waals surface area contributed by atoms with Gasteiger partial charge in [0.2, 0.25) is 0 Å². The topological polar surface area (TPSA) is 17.8 Å². The molecule has 1 aromatic rings. The zero-order valence-electron chi connectivity index (χ0n) is 7.31. The Hall–Kier alpha value is -0.310. The SMILES string of the molecule is CCc1nc2n(c1Br)CCCC2. The van der Waals surface area contributed by atoms with Gasteiger partial charge in [-0.05, 0) is 35.2 Å². The van der Waals surface area contributed by atoms with Crippen LogP contribution in [0.3, 0.4) is 0 Å². The average molecular weight is 229 g/mol. The van der Waals surface area contributed by atoms with Gasteiger partial charge in [0.25, 0.3) is 0 Å². The number of halogens is 1. The van der Waals surface area contributed by atoms with Gasteiger partial charge in [0, 0.05) is 13.0 Å². The molecule has 2 rings (SSSR count). The maximum Gasteiger partial charge on any atom is 0.109 e. The Morgan fingerprint density at radius 3 is 3.00 bits per heavy atom. The number of fused-ring (bicyclic) bond motifs is 1. The third-order valence-electron chi connectivity index (χ3n) is 2.42. The minimum atomic E-state index is 1.03. The summed E-state index contributed by atoms with van der Waals surface area (Å²) in [6, 6.07) is 0. The lowest BCUT2D eigenvalue weighted by molar-refractivity contribution is 0.516. The molecule has 0 aromatic carbocycles. The van der Waals surface area contributed by atoms with Gasteiger partial charge >= 0.3 is 0 Å². The molecule has 12 heavy (non-hydrogen) atoms. The number of hydrogen-bond acceptors (Lipinski definition) is 1. The molecule has 0 atom stereocenters. The van der Waals surface area contributed by atoms with Gasteiger partial charge in [-0.25, -0.2) is 4.98 Å². The van der Waals surface area contributed by atoms with Crippen LogP contribution in [0.4, 0.5) is 0 Å². The van der Waals surface area contributed by atoms with Crippen LogP contribution in [-0.4, -0.2) is 9.55 Å². The summed E-state index contributed by atoms with van der Waals surface area (Å²) in [7, 11) is 0. The molecule has 0 radical (unpaired) electrons. The van der Waals surface area contributed by atoms with Gasteiger partial charge in [-0.3, -0.25) is 0 Å². The Morgan fingerprint density at radius 2 is 2.33 bits per heavy atom. The van der Waals surface area contributed by atoms with Crippen LogP contribution >= 0.6 is 15.9 Å². The molecular weight excluding hydrogens is 216 g/mol. The van der Waals surface area contributed by atoms with Crippen molar-refractivity contribution in [1.82, 2.24) is 9.55 Å². The monoisotopic (exact) mass is 228 g/mol. The fourth-order valence-corrected chi connectivity index (χ4v) is 2.48. The van der Waals surface area contributed by atoms with Crippen molar-refractivity contribution >= 4 is 15.9 Å². The maximum atomic E-state index is 4.58. The summed E-state index contributed by atoms with van der Waals surface area (Å²) in [6.07, 6.45) is 4.77. The standard InChI is InChI=1S/C9H13BrN2/c1-2-7-9(10)12-6-4-3-5-8(12)11-7/h2-6H2,1H3. The third kappa shape index (κ3) is 1.20. The van der Waals surface area contributed by atoms with Crippen molar-refractivity contribution in [3.05, 3.63) is 16.1 Å². The van der Waals surface area contributed by atoms with E-state index in [4.69, 9.17) is 0 Å². The molecule has 0 fully saturated rings. The van der Waals surface area contributed by atoms with E-state index in [9.17, 15) is 0 Å². The average Bonchev–Trinajstić information content (AvgIpc) is 2.44. The van der Waals surface area contributed by atoms with Crippen molar-refractivity contribution in [3.63, 3.8) is 0 Å². The Kier molecular flexibility index (Phi) is 2.22. The van der Waals surface area contributed by atoms with E-state index in [0.717, 1.165) is 19.4 Å². The van der Waals surface area contributed by atoms with Crippen molar-refractivity contribution < 1.29 is 0 Å². The van der Waals surface area contributed by atoms with E-state index >= 15 is 0 Å². The second-order valence-electron chi connectivity index (χ2n) is 3.23. The van der Waals surface area contributed by atoms with Crippen molar-refractivity contribution in [3.8, 4) is 0 Å². The summed E-state index contributed by atoms with van der Waals surface area (Å²) in [5, 5.41) is 0. The van der Waals surface area contributed by atoms with Gasteiger partial charge in [-0.15, -0.1) is 0 Å². The Morgan fingerprint density at radius 1 is 1.50 bits per heavy atom. The molecular formula is C9H13BrN2. The van der Waals surface area contributed by atoms with Crippen molar-refractivity contribution in [1.29, 1.82) is 0 Å². The molecule has 1 aliphatic rings. The second-order valence-corrected chi connectivity index (χ2v) is 3.98. The van der Waals surface area contributed by atoms with Crippen LogP contribution in [0.2, 0.25) is 0 Å². The van der Waals surface area contributed by atoms with Crippen LogP contribution in [0.5, 0.6) is 0 Å². The highest BCUT2D eigenvalue weighted by atomic mass is 79.9. The first-order chi connectivity index (χ1) is 5.83. The molecule has 0 N–H and O–H groups in total. The van der Waals surface area contributed by atoms with E-state index in [1.54, 1.807) is 0 Å². The van der Waals surface area contributed by atoms with E-state index in [0.29, 0.717) is 0 Å². The first kappa shape index (κ1) is 8.30. The van der Waals surface area contributed by atoms with Gasteiger partial charge in [-0.1, -0.05) is 6.92 Å². The summed E-state index contributed by atoms with van der Waals surface area (Å²) >= 11 is 3.60. The van der Waals surface area contributed by atoms with Crippen molar-refractivity contribution in [2.24, 2.45) is 0 Å². The quantitative estimate of drug-likeness (QED) is 0.723. The first-order valence-corrected chi connectivity index (χ1v) is 5.36. The predicted octanol–water partition coefficient (Wildman–Crippen LogP) is 2.54. The summed E-state index contributed by atoms with van der Waals surface area (Å²) in [5.74, 6) is 1.27. The van der Waals surface area contributed by atoms with Crippen LogP contribution in [0.15, 0.2) is 4.60 Å². The van der Waals surface area contributed by atoms with Crippen LogP contribution in [0.25, 0.3) is 0 Å². The summed E-state index contributed by atoms with van der Waals surface area (Å²) < 4.78 is 3.52. The Bertz CT molecular complexity index is 291. The molecule has 2 heterocycles. The van der Waals surface area contributed by atoms with Gasteiger partial charge in [-0.2, -0.15) is 0 Å². The zero-order chi connectivity index (χ0) is 8.55. The number of hydrogen-bond donors (Lipinski definition) is 0. The molecule has 0 saturated carbocycles. The molecule has 0 bridgehead atoms. The van der Waals surface area contributed by atoms with Gasteiger partial charge in [0.05, 0.1) is 5.69 Å². The molecule has 0 unspecified atom stereocenters. The lowest BCUT2D eigenvalue weighted by atomic mass is 10.2. The summed E-state index contributed by atoms with van der Waals surface area (Å²) in [6.45, 7) is 3.29. The van der Waals surface area contributed by atoms with E-state index in [1.165, 1.54) is 29.0 Å². The largest absolute Gasteiger partial charge is 0.323 e. The predicted molar refractivity (Wildman–Crippen MR) is 52.2 cm³/mol. The smallest absolute Gasteiger partial charge is 0.109 e.